The van der Waals surface area contributed by atoms with E-state index in [-0.39, 0.29) is 11.6 Å². The van der Waals surface area contributed by atoms with Gasteiger partial charge in [-0.1, -0.05) is 6.07 Å². The molecule has 3 rings (SSSR count). The van der Waals surface area contributed by atoms with Gasteiger partial charge < -0.3 is 4.42 Å². The number of hydrogen-bond donors (Lipinski definition) is 0. The van der Waals surface area contributed by atoms with E-state index in [9.17, 15) is 9.18 Å². The molecule has 0 N–H and O–H groups in total. The Balaban J connectivity index is 2.14. The predicted molar refractivity (Wildman–Crippen MR) is 69.4 cm³/mol. The van der Waals surface area contributed by atoms with Gasteiger partial charge in [0.25, 0.3) is 0 Å². The van der Waals surface area contributed by atoms with Crippen LogP contribution in [0.3, 0.4) is 0 Å². The Bertz CT molecular complexity index is 777. The number of carbonyl (C=O) groups is 1. The minimum absolute atomic E-state index is 0.0304. The third kappa shape index (κ3) is 2.12. The Hall–Kier alpha value is -2.49. The van der Waals surface area contributed by atoms with Crippen LogP contribution in [-0.4, -0.2) is 10.8 Å². The molecule has 2 aromatic carbocycles. The van der Waals surface area contributed by atoms with E-state index in [1.165, 1.54) is 19.1 Å². The molecule has 0 aliphatic carbocycles. The van der Waals surface area contributed by atoms with Gasteiger partial charge in [0.1, 0.15) is 11.3 Å². The summed E-state index contributed by atoms with van der Waals surface area (Å²) in [5.74, 6) is -0.0309. The highest BCUT2D eigenvalue weighted by molar-refractivity contribution is 5.97. The molecule has 0 fully saturated rings. The molecule has 4 heteroatoms. The highest BCUT2D eigenvalue weighted by atomic mass is 19.1. The highest BCUT2D eigenvalue weighted by Gasteiger charge is 2.10. The number of Topliss-reactive ketones (excluding diaryl/α,β-unsaturated/α-hetero) is 1. The van der Waals surface area contributed by atoms with E-state index < -0.39 is 0 Å². The number of rotatable bonds is 2. The zero-order chi connectivity index (χ0) is 13.4. The number of nitrogens with zero attached hydrogens (tertiary/aromatic N) is 1. The average molecular weight is 255 g/mol. The van der Waals surface area contributed by atoms with Crippen molar-refractivity contribution in [3.8, 4) is 11.5 Å². The number of hydrogen-bond acceptors (Lipinski definition) is 3. The molecule has 94 valence electrons. The van der Waals surface area contributed by atoms with Crippen molar-refractivity contribution in [2.24, 2.45) is 0 Å². The maximum Gasteiger partial charge on any atom is 0.227 e. The van der Waals surface area contributed by atoms with Crippen LogP contribution in [0.2, 0.25) is 0 Å². The number of ketones is 1. The van der Waals surface area contributed by atoms with Crippen LogP contribution in [0, 0.1) is 5.82 Å². The summed E-state index contributed by atoms with van der Waals surface area (Å²) in [5, 5.41) is 0. The maximum atomic E-state index is 13.2. The van der Waals surface area contributed by atoms with Crippen LogP contribution in [0.25, 0.3) is 22.6 Å². The van der Waals surface area contributed by atoms with Crippen molar-refractivity contribution in [1.29, 1.82) is 0 Å². The maximum absolute atomic E-state index is 13.2. The molecule has 3 aromatic rings. The second kappa shape index (κ2) is 4.31. The van der Waals surface area contributed by atoms with Gasteiger partial charge in [-0.05, 0) is 43.3 Å². The monoisotopic (exact) mass is 255 g/mol. The molecular formula is C15H10FNO2. The molecule has 0 radical (unpaired) electrons. The number of aromatic nitrogens is 1. The largest absolute Gasteiger partial charge is 0.436 e. The summed E-state index contributed by atoms with van der Waals surface area (Å²) in [6.45, 7) is 1.49. The van der Waals surface area contributed by atoms with Crippen molar-refractivity contribution in [3.05, 3.63) is 53.8 Å². The van der Waals surface area contributed by atoms with Crippen molar-refractivity contribution in [1.82, 2.24) is 4.98 Å². The van der Waals surface area contributed by atoms with Gasteiger partial charge >= 0.3 is 0 Å². The molecule has 1 aromatic heterocycles. The number of oxazole rings is 1. The fourth-order valence-corrected chi connectivity index (χ4v) is 1.89. The summed E-state index contributed by atoms with van der Waals surface area (Å²) in [7, 11) is 0. The minimum Gasteiger partial charge on any atom is -0.436 e. The predicted octanol–water partition coefficient (Wildman–Crippen LogP) is 3.84. The second-order valence-electron chi connectivity index (χ2n) is 4.27. The molecule has 0 spiro atoms. The fraction of sp³-hybridized carbons (Fsp3) is 0.0667. The van der Waals surface area contributed by atoms with Crippen LogP contribution >= 0.6 is 0 Å². The molecule has 0 amide bonds. The number of halogens is 1. The Morgan fingerprint density at radius 1 is 1.21 bits per heavy atom. The summed E-state index contributed by atoms with van der Waals surface area (Å²) in [6.07, 6.45) is 0. The first kappa shape index (κ1) is 11.6. The molecule has 0 bridgehead atoms. The average Bonchev–Trinajstić information content (AvgIpc) is 2.81. The van der Waals surface area contributed by atoms with Crippen LogP contribution in [0.5, 0.6) is 0 Å². The van der Waals surface area contributed by atoms with Crippen molar-refractivity contribution in [2.75, 3.05) is 0 Å². The van der Waals surface area contributed by atoms with E-state index >= 15 is 0 Å². The second-order valence-corrected chi connectivity index (χ2v) is 4.27. The van der Waals surface area contributed by atoms with E-state index in [0.29, 0.717) is 28.1 Å². The molecule has 0 aliphatic rings. The van der Waals surface area contributed by atoms with Gasteiger partial charge in [-0.3, -0.25) is 4.79 Å². The standard InChI is InChI=1S/C15H10FNO2/c1-9(18)10-5-6-14-13(8-10)17-15(19-14)11-3-2-4-12(16)7-11/h2-8H,1H3. The molecule has 19 heavy (non-hydrogen) atoms. The van der Waals surface area contributed by atoms with Gasteiger partial charge in [-0.25, -0.2) is 9.37 Å². The molecule has 3 nitrogen and oxygen atoms in total. The minimum atomic E-state index is -0.343. The van der Waals surface area contributed by atoms with Crippen molar-refractivity contribution >= 4 is 16.9 Å². The zero-order valence-electron chi connectivity index (χ0n) is 10.2. The topological polar surface area (TPSA) is 43.1 Å². The smallest absolute Gasteiger partial charge is 0.227 e. The van der Waals surface area contributed by atoms with Crippen LogP contribution in [-0.2, 0) is 0 Å². The third-order valence-electron chi connectivity index (χ3n) is 2.87. The first-order valence-corrected chi connectivity index (χ1v) is 5.81. The normalized spacial score (nSPS) is 10.8. The molecule has 0 saturated carbocycles. The van der Waals surface area contributed by atoms with Gasteiger partial charge in [0.05, 0.1) is 0 Å². The summed E-state index contributed by atoms with van der Waals surface area (Å²) < 4.78 is 18.7. The SMILES string of the molecule is CC(=O)c1ccc2oc(-c3cccc(F)c3)nc2c1. The van der Waals surface area contributed by atoms with Gasteiger partial charge in [0, 0.05) is 11.1 Å². The van der Waals surface area contributed by atoms with E-state index in [1.54, 1.807) is 30.3 Å². The molecular weight excluding hydrogens is 245 g/mol. The molecule has 0 atom stereocenters. The third-order valence-corrected chi connectivity index (χ3v) is 2.87. The lowest BCUT2D eigenvalue weighted by Gasteiger charge is -1.93. The lowest BCUT2D eigenvalue weighted by molar-refractivity contribution is 0.101. The van der Waals surface area contributed by atoms with Gasteiger partial charge in [-0.2, -0.15) is 0 Å². The summed E-state index contributed by atoms with van der Waals surface area (Å²) in [6, 6.07) is 11.1. The van der Waals surface area contributed by atoms with Crippen molar-refractivity contribution in [3.63, 3.8) is 0 Å². The van der Waals surface area contributed by atoms with E-state index in [2.05, 4.69) is 4.98 Å². The molecule has 0 saturated heterocycles. The van der Waals surface area contributed by atoms with E-state index in [4.69, 9.17) is 4.42 Å². The Labute approximate surface area is 108 Å². The molecule has 0 unspecified atom stereocenters. The first-order valence-electron chi connectivity index (χ1n) is 5.81. The van der Waals surface area contributed by atoms with Crippen LogP contribution in [0.1, 0.15) is 17.3 Å². The lowest BCUT2D eigenvalue weighted by atomic mass is 10.1. The van der Waals surface area contributed by atoms with Crippen molar-refractivity contribution < 1.29 is 13.6 Å². The quantitative estimate of drug-likeness (QED) is 0.653. The first-order chi connectivity index (χ1) is 9.13. The number of carbonyl (C=O) groups excluding carboxylic acids is 1. The lowest BCUT2D eigenvalue weighted by Crippen LogP contribution is -1.90. The van der Waals surface area contributed by atoms with Gasteiger partial charge in [-0.15, -0.1) is 0 Å². The van der Waals surface area contributed by atoms with E-state index in [1.807, 2.05) is 0 Å². The summed E-state index contributed by atoms with van der Waals surface area (Å²) in [5.41, 5.74) is 2.31. The highest BCUT2D eigenvalue weighted by Crippen LogP contribution is 2.25. The summed E-state index contributed by atoms with van der Waals surface area (Å²) >= 11 is 0. The Morgan fingerprint density at radius 3 is 2.79 bits per heavy atom. The van der Waals surface area contributed by atoms with Gasteiger partial charge in [0.2, 0.25) is 5.89 Å². The number of fused-ring (bicyclic) bond motifs is 1. The molecule has 1 heterocycles. The fourth-order valence-electron chi connectivity index (χ4n) is 1.89. The van der Waals surface area contributed by atoms with Gasteiger partial charge in [0.15, 0.2) is 11.4 Å². The number of benzene rings is 2. The van der Waals surface area contributed by atoms with E-state index in [0.717, 1.165) is 0 Å². The summed E-state index contributed by atoms with van der Waals surface area (Å²) in [4.78, 5) is 15.6. The van der Waals surface area contributed by atoms with Crippen LogP contribution in [0.15, 0.2) is 46.9 Å². The van der Waals surface area contributed by atoms with Crippen molar-refractivity contribution in [2.45, 2.75) is 6.92 Å². The van der Waals surface area contributed by atoms with Crippen LogP contribution in [0.4, 0.5) is 4.39 Å². The Kier molecular flexibility index (Phi) is 2.63. The van der Waals surface area contributed by atoms with Crippen LogP contribution < -0.4 is 0 Å². The molecule has 0 aliphatic heterocycles. The Morgan fingerprint density at radius 2 is 2.05 bits per heavy atom. The zero-order valence-corrected chi connectivity index (χ0v) is 10.2.